The van der Waals surface area contributed by atoms with E-state index in [9.17, 15) is 9.50 Å². The standard InChI is InChI=1S/C16H16FIO/c1-11-3-6-14(17)9-12(11)10-16(2,19)13-4-7-15(18)8-5-13/h3-9,19H,10H2,1-2H3. The third kappa shape index (κ3) is 3.54. The second-order valence-corrected chi connectivity index (χ2v) is 6.27. The largest absolute Gasteiger partial charge is 0.385 e. The molecule has 100 valence electrons. The van der Waals surface area contributed by atoms with Crippen LogP contribution in [0.4, 0.5) is 4.39 Å². The fourth-order valence-electron chi connectivity index (χ4n) is 2.11. The molecule has 2 rings (SSSR count). The van der Waals surface area contributed by atoms with Crippen molar-refractivity contribution in [3.63, 3.8) is 0 Å². The number of benzene rings is 2. The highest BCUT2D eigenvalue weighted by molar-refractivity contribution is 14.1. The van der Waals surface area contributed by atoms with E-state index in [4.69, 9.17) is 0 Å². The first-order valence-electron chi connectivity index (χ1n) is 6.12. The van der Waals surface area contributed by atoms with Crippen molar-refractivity contribution in [1.29, 1.82) is 0 Å². The van der Waals surface area contributed by atoms with Crippen LogP contribution in [0.1, 0.15) is 23.6 Å². The number of aryl methyl sites for hydroxylation is 1. The normalized spacial score (nSPS) is 14.2. The first-order chi connectivity index (χ1) is 8.88. The quantitative estimate of drug-likeness (QED) is 0.804. The lowest BCUT2D eigenvalue weighted by atomic mass is 9.87. The van der Waals surface area contributed by atoms with Gasteiger partial charge in [0.15, 0.2) is 0 Å². The fraction of sp³-hybridized carbons (Fsp3) is 0.250. The topological polar surface area (TPSA) is 20.2 Å². The van der Waals surface area contributed by atoms with Crippen LogP contribution in [-0.2, 0) is 12.0 Å². The smallest absolute Gasteiger partial charge is 0.123 e. The van der Waals surface area contributed by atoms with Crippen LogP contribution in [0.5, 0.6) is 0 Å². The number of rotatable bonds is 3. The van der Waals surface area contributed by atoms with Gasteiger partial charge in [-0.15, -0.1) is 0 Å². The number of halogens is 2. The van der Waals surface area contributed by atoms with E-state index in [1.165, 1.54) is 12.1 Å². The molecular weight excluding hydrogens is 354 g/mol. The Morgan fingerprint density at radius 2 is 1.79 bits per heavy atom. The average molecular weight is 370 g/mol. The molecule has 0 aliphatic heterocycles. The van der Waals surface area contributed by atoms with Crippen molar-refractivity contribution in [2.75, 3.05) is 0 Å². The van der Waals surface area contributed by atoms with E-state index in [1.807, 2.05) is 31.2 Å². The summed E-state index contributed by atoms with van der Waals surface area (Å²) in [7, 11) is 0. The molecule has 0 fully saturated rings. The Hall–Kier alpha value is -0.940. The maximum Gasteiger partial charge on any atom is 0.123 e. The highest BCUT2D eigenvalue weighted by Crippen LogP contribution is 2.27. The minimum Gasteiger partial charge on any atom is -0.385 e. The van der Waals surface area contributed by atoms with Crippen LogP contribution in [0.15, 0.2) is 42.5 Å². The van der Waals surface area contributed by atoms with Crippen molar-refractivity contribution in [3.8, 4) is 0 Å². The average Bonchev–Trinajstić information content (AvgIpc) is 2.34. The molecule has 0 amide bonds. The lowest BCUT2D eigenvalue weighted by Gasteiger charge is -2.25. The van der Waals surface area contributed by atoms with Crippen molar-refractivity contribution < 1.29 is 9.50 Å². The maximum absolute atomic E-state index is 13.3. The molecule has 2 aromatic rings. The van der Waals surface area contributed by atoms with Gasteiger partial charge in [0, 0.05) is 9.99 Å². The van der Waals surface area contributed by atoms with Gasteiger partial charge in [0.05, 0.1) is 5.60 Å². The predicted octanol–water partition coefficient (Wildman–Crippen LogP) is 4.19. The molecule has 0 saturated carbocycles. The molecule has 0 radical (unpaired) electrons. The van der Waals surface area contributed by atoms with Crippen LogP contribution in [0.3, 0.4) is 0 Å². The van der Waals surface area contributed by atoms with Gasteiger partial charge < -0.3 is 5.11 Å². The fourth-order valence-corrected chi connectivity index (χ4v) is 2.47. The molecule has 1 unspecified atom stereocenters. The summed E-state index contributed by atoms with van der Waals surface area (Å²) in [6.45, 7) is 3.69. The summed E-state index contributed by atoms with van der Waals surface area (Å²) in [6.07, 6.45) is 0.400. The number of aliphatic hydroxyl groups is 1. The highest BCUT2D eigenvalue weighted by Gasteiger charge is 2.24. The van der Waals surface area contributed by atoms with Crippen LogP contribution in [0.25, 0.3) is 0 Å². The van der Waals surface area contributed by atoms with Crippen LogP contribution in [0.2, 0.25) is 0 Å². The van der Waals surface area contributed by atoms with E-state index in [-0.39, 0.29) is 5.82 Å². The predicted molar refractivity (Wildman–Crippen MR) is 83.6 cm³/mol. The third-order valence-electron chi connectivity index (χ3n) is 3.31. The van der Waals surface area contributed by atoms with Gasteiger partial charge in [0.1, 0.15) is 5.82 Å². The molecule has 0 aliphatic rings. The molecule has 0 bridgehead atoms. The van der Waals surface area contributed by atoms with Crippen LogP contribution in [-0.4, -0.2) is 5.11 Å². The van der Waals surface area contributed by atoms with Crippen molar-refractivity contribution in [3.05, 3.63) is 68.5 Å². The van der Waals surface area contributed by atoms with E-state index >= 15 is 0 Å². The van der Waals surface area contributed by atoms with Gasteiger partial charge in [-0.25, -0.2) is 4.39 Å². The molecule has 0 saturated heterocycles. The second-order valence-electron chi connectivity index (χ2n) is 5.03. The molecule has 0 spiro atoms. The van der Waals surface area contributed by atoms with Crippen molar-refractivity contribution >= 4 is 22.6 Å². The number of hydrogen-bond acceptors (Lipinski definition) is 1. The van der Waals surface area contributed by atoms with Gasteiger partial charge in [-0.1, -0.05) is 18.2 Å². The first kappa shape index (κ1) is 14.5. The van der Waals surface area contributed by atoms with E-state index in [2.05, 4.69) is 22.6 Å². The Bertz CT molecular complexity index is 576. The van der Waals surface area contributed by atoms with Crippen LogP contribution < -0.4 is 0 Å². The molecule has 0 aliphatic carbocycles. The Morgan fingerprint density at radius 3 is 2.42 bits per heavy atom. The Balaban J connectivity index is 2.30. The highest BCUT2D eigenvalue weighted by atomic mass is 127. The molecule has 1 atom stereocenters. The molecule has 0 heterocycles. The van der Waals surface area contributed by atoms with Gasteiger partial charge in [-0.3, -0.25) is 0 Å². The molecule has 1 nitrogen and oxygen atoms in total. The van der Waals surface area contributed by atoms with E-state index in [1.54, 1.807) is 13.0 Å². The minimum atomic E-state index is -0.997. The number of hydrogen-bond donors (Lipinski definition) is 1. The zero-order valence-electron chi connectivity index (χ0n) is 11.0. The summed E-state index contributed by atoms with van der Waals surface area (Å²) < 4.78 is 14.4. The molecular formula is C16H16FIO. The van der Waals surface area contributed by atoms with Gasteiger partial charge in [-0.05, 0) is 77.4 Å². The van der Waals surface area contributed by atoms with E-state index in [0.717, 1.165) is 20.3 Å². The Morgan fingerprint density at radius 1 is 1.16 bits per heavy atom. The molecule has 3 heteroatoms. The van der Waals surface area contributed by atoms with Gasteiger partial charge in [0.25, 0.3) is 0 Å². The minimum absolute atomic E-state index is 0.265. The molecule has 0 aromatic heterocycles. The third-order valence-corrected chi connectivity index (χ3v) is 4.03. The second kappa shape index (κ2) is 5.59. The zero-order chi connectivity index (χ0) is 14.0. The van der Waals surface area contributed by atoms with Crippen LogP contribution >= 0.6 is 22.6 Å². The summed E-state index contributed by atoms with van der Waals surface area (Å²) >= 11 is 2.23. The monoisotopic (exact) mass is 370 g/mol. The summed E-state index contributed by atoms with van der Waals surface area (Å²) in [4.78, 5) is 0. The lowest BCUT2D eigenvalue weighted by molar-refractivity contribution is 0.0574. The van der Waals surface area contributed by atoms with Crippen molar-refractivity contribution in [2.45, 2.75) is 25.9 Å². The van der Waals surface area contributed by atoms with Gasteiger partial charge in [0.2, 0.25) is 0 Å². The lowest BCUT2D eigenvalue weighted by Crippen LogP contribution is -2.24. The summed E-state index contributed by atoms with van der Waals surface area (Å²) in [5.74, 6) is -0.265. The Labute approximate surface area is 126 Å². The van der Waals surface area contributed by atoms with Crippen molar-refractivity contribution in [2.24, 2.45) is 0 Å². The van der Waals surface area contributed by atoms with Gasteiger partial charge in [-0.2, -0.15) is 0 Å². The van der Waals surface area contributed by atoms with E-state index < -0.39 is 5.60 Å². The molecule has 19 heavy (non-hydrogen) atoms. The zero-order valence-corrected chi connectivity index (χ0v) is 13.1. The Kier molecular flexibility index (Phi) is 4.26. The maximum atomic E-state index is 13.3. The summed E-state index contributed by atoms with van der Waals surface area (Å²) in [6, 6.07) is 12.4. The molecule has 2 aromatic carbocycles. The van der Waals surface area contributed by atoms with E-state index in [0.29, 0.717) is 6.42 Å². The molecule has 1 N–H and O–H groups in total. The summed E-state index contributed by atoms with van der Waals surface area (Å²) in [5, 5.41) is 10.6. The van der Waals surface area contributed by atoms with Gasteiger partial charge >= 0.3 is 0 Å². The SMILES string of the molecule is Cc1ccc(F)cc1CC(C)(O)c1ccc(I)cc1. The first-order valence-corrected chi connectivity index (χ1v) is 7.20. The summed E-state index contributed by atoms with van der Waals surface area (Å²) in [5.41, 5.74) is 1.68. The van der Waals surface area contributed by atoms with Crippen molar-refractivity contribution in [1.82, 2.24) is 0 Å². The van der Waals surface area contributed by atoms with Crippen LogP contribution in [0, 0.1) is 16.3 Å².